The highest BCUT2D eigenvalue weighted by molar-refractivity contribution is 6.04. The van der Waals surface area contributed by atoms with Gasteiger partial charge in [-0.15, -0.1) is 0 Å². The molecule has 0 fully saturated rings. The largest absolute Gasteiger partial charge is 0.423 e. The van der Waals surface area contributed by atoms with Crippen LogP contribution in [-0.4, -0.2) is 11.9 Å². The second-order valence-corrected chi connectivity index (χ2v) is 6.15. The van der Waals surface area contributed by atoms with Crippen LogP contribution in [0.3, 0.4) is 0 Å². The van der Waals surface area contributed by atoms with E-state index in [9.17, 15) is 14.0 Å². The Morgan fingerprint density at radius 2 is 1.54 bits per heavy atom. The molecule has 1 N–H and O–H groups in total. The molecule has 1 amide bonds. The Bertz CT molecular complexity index is 992. The molecule has 0 saturated heterocycles. The van der Waals surface area contributed by atoms with Gasteiger partial charge in [-0.25, -0.2) is 9.18 Å². The number of carbonyl (C=O) groups excluding carboxylic acids is 2. The first-order valence-electron chi connectivity index (χ1n) is 8.63. The lowest BCUT2D eigenvalue weighted by Gasteiger charge is -2.06. The average molecular weight is 375 g/mol. The zero-order chi connectivity index (χ0) is 19.9. The number of carbonyl (C=O) groups is 2. The maximum atomic E-state index is 12.9. The van der Waals surface area contributed by atoms with E-state index in [1.165, 1.54) is 24.3 Å². The van der Waals surface area contributed by atoms with Crippen LogP contribution >= 0.6 is 0 Å². The van der Waals surface area contributed by atoms with Gasteiger partial charge in [-0.3, -0.25) is 4.79 Å². The maximum Gasteiger partial charge on any atom is 0.336 e. The quantitative estimate of drug-likeness (QED) is 0.388. The van der Waals surface area contributed by atoms with E-state index in [-0.39, 0.29) is 11.7 Å². The van der Waals surface area contributed by atoms with Gasteiger partial charge in [0.25, 0.3) is 5.91 Å². The average Bonchev–Trinajstić information content (AvgIpc) is 2.70. The molecule has 0 atom stereocenters. The number of halogens is 1. The number of rotatable bonds is 5. The van der Waals surface area contributed by atoms with Crippen molar-refractivity contribution in [1.82, 2.24) is 0 Å². The number of aryl methyl sites for hydroxylation is 1. The van der Waals surface area contributed by atoms with E-state index in [0.717, 1.165) is 5.56 Å². The monoisotopic (exact) mass is 375 g/mol. The van der Waals surface area contributed by atoms with E-state index in [1.807, 2.05) is 31.2 Å². The van der Waals surface area contributed by atoms with Crippen molar-refractivity contribution in [3.63, 3.8) is 0 Å². The van der Waals surface area contributed by atoms with Gasteiger partial charge in [0.05, 0.1) is 0 Å². The smallest absolute Gasteiger partial charge is 0.336 e. The molecule has 140 valence electrons. The van der Waals surface area contributed by atoms with E-state index < -0.39 is 5.97 Å². The van der Waals surface area contributed by atoms with Crippen molar-refractivity contribution < 1.29 is 18.7 Å². The number of anilines is 1. The third kappa shape index (κ3) is 5.38. The standard InChI is InChI=1S/C23H18FNO3/c1-16-2-11-20(12-3-16)25-23(27)18-7-13-21(14-8-18)28-22(26)15-6-17-4-9-19(24)10-5-17/h2-15H,1H3,(H,25,27)/b15-6+. The number of hydrogen-bond acceptors (Lipinski definition) is 3. The molecule has 3 rings (SSSR count). The Morgan fingerprint density at radius 1 is 0.893 bits per heavy atom. The van der Waals surface area contributed by atoms with Crippen molar-refractivity contribution in [3.05, 3.63) is 101 Å². The predicted molar refractivity (Wildman–Crippen MR) is 107 cm³/mol. The fourth-order valence-corrected chi connectivity index (χ4v) is 2.40. The van der Waals surface area contributed by atoms with Crippen molar-refractivity contribution in [2.45, 2.75) is 6.92 Å². The number of esters is 1. The van der Waals surface area contributed by atoms with Gasteiger partial charge in [-0.2, -0.15) is 0 Å². The van der Waals surface area contributed by atoms with E-state index in [4.69, 9.17) is 4.74 Å². The van der Waals surface area contributed by atoms with E-state index in [2.05, 4.69) is 5.32 Å². The molecule has 0 spiro atoms. The number of nitrogens with one attached hydrogen (secondary N) is 1. The second-order valence-electron chi connectivity index (χ2n) is 6.15. The van der Waals surface area contributed by atoms with Crippen molar-refractivity contribution in [2.24, 2.45) is 0 Å². The minimum absolute atomic E-state index is 0.252. The topological polar surface area (TPSA) is 55.4 Å². The minimum atomic E-state index is -0.568. The maximum absolute atomic E-state index is 12.9. The van der Waals surface area contributed by atoms with Gasteiger partial charge in [0, 0.05) is 17.3 Å². The Labute approximate surface area is 162 Å². The van der Waals surface area contributed by atoms with Gasteiger partial charge in [0.15, 0.2) is 0 Å². The van der Waals surface area contributed by atoms with Crippen LogP contribution in [0, 0.1) is 12.7 Å². The molecule has 0 radical (unpaired) electrons. The molecule has 0 saturated carbocycles. The van der Waals surface area contributed by atoms with Gasteiger partial charge < -0.3 is 10.1 Å². The number of hydrogen-bond donors (Lipinski definition) is 1. The van der Waals surface area contributed by atoms with E-state index in [1.54, 1.807) is 36.4 Å². The van der Waals surface area contributed by atoms with E-state index >= 15 is 0 Å². The lowest BCUT2D eigenvalue weighted by atomic mass is 10.2. The molecule has 5 heteroatoms. The van der Waals surface area contributed by atoms with Gasteiger partial charge >= 0.3 is 5.97 Å². The number of amides is 1. The highest BCUT2D eigenvalue weighted by atomic mass is 19.1. The highest BCUT2D eigenvalue weighted by Gasteiger charge is 2.07. The van der Waals surface area contributed by atoms with Gasteiger partial charge in [0.2, 0.25) is 0 Å². The first-order chi connectivity index (χ1) is 13.5. The molecular formula is C23H18FNO3. The second kappa shape index (κ2) is 8.77. The molecule has 0 aliphatic carbocycles. The molecule has 0 bridgehead atoms. The predicted octanol–water partition coefficient (Wildman–Crippen LogP) is 5.01. The molecular weight excluding hydrogens is 357 g/mol. The fourth-order valence-electron chi connectivity index (χ4n) is 2.40. The van der Waals surface area contributed by atoms with E-state index in [0.29, 0.717) is 22.6 Å². The van der Waals surface area contributed by atoms with Gasteiger partial charge in [-0.05, 0) is 67.1 Å². The normalized spacial score (nSPS) is 10.6. The highest BCUT2D eigenvalue weighted by Crippen LogP contribution is 2.15. The number of ether oxygens (including phenoxy) is 1. The molecule has 0 aromatic heterocycles. The van der Waals surface area contributed by atoms with Gasteiger partial charge in [-0.1, -0.05) is 29.8 Å². The first-order valence-corrected chi connectivity index (χ1v) is 8.63. The lowest BCUT2D eigenvalue weighted by Crippen LogP contribution is -2.12. The molecule has 3 aromatic carbocycles. The molecule has 28 heavy (non-hydrogen) atoms. The summed E-state index contributed by atoms with van der Waals surface area (Å²) in [4.78, 5) is 24.1. The molecule has 0 aliphatic rings. The summed E-state index contributed by atoms with van der Waals surface area (Å²) in [6.07, 6.45) is 2.79. The van der Waals surface area contributed by atoms with Crippen LogP contribution in [-0.2, 0) is 4.79 Å². The van der Waals surface area contributed by atoms with Crippen molar-refractivity contribution >= 4 is 23.6 Å². The van der Waals surface area contributed by atoms with Gasteiger partial charge in [0.1, 0.15) is 11.6 Å². The van der Waals surface area contributed by atoms with Crippen LogP contribution in [0.2, 0.25) is 0 Å². The molecule has 0 heterocycles. The zero-order valence-electron chi connectivity index (χ0n) is 15.2. The summed E-state index contributed by atoms with van der Waals surface area (Å²) in [6, 6.07) is 19.5. The summed E-state index contributed by atoms with van der Waals surface area (Å²) in [5.74, 6) is -0.842. The zero-order valence-corrected chi connectivity index (χ0v) is 15.2. The SMILES string of the molecule is Cc1ccc(NC(=O)c2ccc(OC(=O)/C=C/c3ccc(F)cc3)cc2)cc1. The van der Waals surface area contributed by atoms with Crippen LogP contribution in [0.5, 0.6) is 5.75 Å². The van der Waals surface area contributed by atoms with Crippen molar-refractivity contribution in [2.75, 3.05) is 5.32 Å². The van der Waals surface area contributed by atoms with Crippen molar-refractivity contribution in [1.29, 1.82) is 0 Å². The first kappa shape index (κ1) is 19.0. The number of benzene rings is 3. The Balaban J connectivity index is 1.57. The minimum Gasteiger partial charge on any atom is -0.423 e. The van der Waals surface area contributed by atoms with Crippen LogP contribution in [0.4, 0.5) is 10.1 Å². The summed E-state index contributed by atoms with van der Waals surface area (Å²) in [6.45, 7) is 1.97. The Morgan fingerprint density at radius 3 is 2.18 bits per heavy atom. The molecule has 4 nitrogen and oxygen atoms in total. The lowest BCUT2D eigenvalue weighted by molar-refractivity contribution is -0.128. The summed E-state index contributed by atoms with van der Waals surface area (Å²) in [5.41, 5.74) is 2.94. The van der Waals surface area contributed by atoms with Crippen LogP contribution < -0.4 is 10.1 Å². The Hall–Kier alpha value is -3.73. The summed E-state index contributed by atoms with van der Waals surface area (Å²) < 4.78 is 18.1. The van der Waals surface area contributed by atoms with Crippen LogP contribution in [0.15, 0.2) is 78.9 Å². The Kier molecular flexibility index (Phi) is 5.97. The van der Waals surface area contributed by atoms with Crippen molar-refractivity contribution in [3.8, 4) is 5.75 Å². The molecule has 3 aromatic rings. The third-order valence-corrected chi connectivity index (χ3v) is 3.93. The van der Waals surface area contributed by atoms with Crippen LogP contribution in [0.25, 0.3) is 6.08 Å². The molecule has 0 aliphatic heterocycles. The fraction of sp³-hybridized carbons (Fsp3) is 0.0435. The summed E-state index contributed by atoms with van der Waals surface area (Å²) in [7, 11) is 0. The molecule has 0 unspecified atom stereocenters. The van der Waals surface area contributed by atoms with Crippen LogP contribution in [0.1, 0.15) is 21.5 Å². The third-order valence-electron chi connectivity index (χ3n) is 3.93. The summed E-state index contributed by atoms with van der Waals surface area (Å²) >= 11 is 0. The summed E-state index contributed by atoms with van der Waals surface area (Å²) in [5, 5.41) is 2.80.